The van der Waals surface area contributed by atoms with Gasteiger partial charge < -0.3 is 10.1 Å². The standard InChI is InChI=1S/C16H25BrFNO/c1-6-19-13(15(20-5)16(2,3)4)10-11-8-7-9-12(18)14(11)17/h7-9,13,15,19H,6,10H2,1-5H3. The van der Waals surface area contributed by atoms with Crippen LogP contribution >= 0.6 is 15.9 Å². The van der Waals surface area contributed by atoms with Gasteiger partial charge in [0.1, 0.15) is 5.82 Å². The minimum atomic E-state index is -0.220. The Balaban J connectivity index is 3.00. The first-order valence-corrected chi connectivity index (χ1v) is 7.79. The van der Waals surface area contributed by atoms with Gasteiger partial charge in [-0.15, -0.1) is 0 Å². The van der Waals surface area contributed by atoms with Gasteiger partial charge in [0.2, 0.25) is 0 Å². The Morgan fingerprint density at radius 1 is 1.35 bits per heavy atom. The molecule has 1 aromatic rings. The predicted octanol–water partition coefficient (Wildman–Crippen LogP) is 4.17. The molecule has 0 aliphatic carbocycles. The van der Waals surface area contributed by atoms with Gasteiger partial charge in [-0.3, -0.25) is 0 Å². The fourth-order valence-electron chi connectivity index (χ4n) is 2.61. The van der Waals surface area contributed by atoms with Crippen LogP contribution in [-0.2, 0) is 11.2 Å². The van der Waals surface area contributed by atoms with Gasteiger partial charge in [-0.1, -0.05) is 39.8 Å². The third-order valence-corrected chi connectivity index (χ3v) is 4.30. The van der Waals surface area contributed by atoms with Crippen molar-refractivity contribution in [1.82, 2.24) is 5.32 Å². The van der Waals surface area contributed by atoms with Crippen molar-refractivity contribution in [2.75, 3.05) is 13.7 Å². The Hall–Kier alpha value is -0.450. The summed E-state index contributed by atoms with van der Waals surface area (Å²) in [6.45, 7) is 9.40. The van der Waals surface area contributed by atoms with Gasteiger partial charge in [0.25, 0.3) is 0 Å². The number of hydrogen-bond acceptors (Lipinski definition) is 2. The molecule has 0 aliphatic rings. The summed E-state index contributed by atoms with van der Waals surface area (Å²) in [5.74, 6) is -0.220. The summed E-state index contributed by atoms with van der Waals surface area (Å²) in [5.41, 5.74) is 0.976. The lowest BCUT2D eigenvalue weighted by atomic mass is 9.82. The molecule has 1 rings (SSSR count). The molecule has 0 spiro atoms. The van der Waals surface area contributed by atoms with Crippen LogP contribution in [0.2, 0.25) is 0 Å². The Labute approximate surface area is 130 Å². The van der Waals surface area contributed by atoms with Crippen LogP contribution in [0, 0.1) is 11.2 Å². The van der Waals surface area contributed by atoms with Crippen LogP contribution in [0.15, 0.2) is 22.7 Å². The monoisotopic (exact) mass is 345 g/mol. The average molecular weight is 346 g/mol. The van der Waals surface area contributed by atoms with E-state index in [0.29, 0.717) is 4.47 Å². The lowest BCUT2D eigenvalue weighted by Crippen LogP contribution is -2.49. The van der Waals surface area contributed by atoms with E-state index in [1.165, 1.54) is 6.07 Å². The smallest absolute Gasteiger partial charge is 0.137 e. The molecular formula is C16H25BrFNO. The fraction of sp³-hybridized carbons (Fsp3) is 0.625. The minimum absolute atomic E-state index is 0.0153. The molecule has 20 heavy (non-hydrogen) atoms. The number of hydrogen-bond donors (Lipinski definition) is 1. The molecule has 2 atom stereocenters. The Morgan fingerprint density at radius 2 is 2.00 bits per heavy atom. The average Bonchev–Trinajstić information content (AvgIpc) is 2.34. The molecule has 2 nitrogen and oxygen atoms in total. The highest BCUT2D eigenvalue weighted by Crippen LogP contribution is 2.28. The van der Waals surface area contributed by atoms with Gasteiger partial charge in [-0.2, -0.15) is 0 Å². The summed E-state index contributed by atoms with van der Waals surface area (Å²) in [7, 11) is 1.74. The molecule has 0 radical (unpaired) electrons. The SMILES string of the molecule is CCNC(Cc1cccc(F)c1Br)C(OC)C(C)(C)C. The second-order valence-electron chi connectivity index (χ2n) is 6.10. The van der Waals surface area contributed by atoms with E-state index < -0.39 is 0 Å². The van der Waals surface area contributed by atoms with Gasteiger partial charge in [0, 0.05) is 13.2 Å². The molecule has 1 N–H and O–H groups in total. The van der Waals surface area contributed by atoms with Crippen molar-refractivity contribution in [3.05, 3.63) is 34.1 Å². The highest BCUT2D eigenvalue weighted by Gasteiger charge is 2.32. The molecule has 0 aromatic heterocycles. The second kappa shape index (κ2) is 7.53. The zero-order valence-electron chi connectivity index (χ0n) is 13.0. The number of likely N-dealkylation sites (N-methyl/N-ethyl adjacent to an activating group) is 1. The number of nitrogens with one attached hydrogen (secondary N) is 1. The normalized spacial score (nSPS) is 15.2. The minimum Gasteiger partial charge on any atom is -0.379 e. The van der Waals surface area contributed by atoms with Crippen LogP contribution in [0.1, 0.15) is 33.3 Å². The highest BCUT2D eigenvalue weighted by molar-refractivity contribution is 9.10. The molecule has 4 heteroatoms. The van der Waals surface area contributed by atoms with E-state index in [2.05, 4.69) is 48.9 Å². The molecule has 0 aliphatic heterocycles. The lowest BCUT2D eigenvalue weighted by molar-refractivity contribution is -0.0106. The Morgan fingerprint density at radius 3 is 2.50 bits per heavy atom. The third kappa shape index (κ3) is 4.54. The maximum atomic E-state index is 13.6. The number of methoxy groups -OCH3 is 1. The van der Waals surface area contributed by atoms with E-state index in [-0.39, 0.29) is 23.4 Å². The molecule has 0 saturated carbocycles. The Kier molecular flexibility index (Phi) is 6.62. The van der Waals surface area contributed by atoms with Gasteiger partial charge >= 0.3 is 0 Å². The summed E-state index contributed by atoms with van der Waals surface area (Å²) in [4.78, 5) is 0. The summed E-state index contributed by atoms with van der Waals surface area (Å²) in [6, 6.07) is 5.31. The molecule has 0 bridgehead atoms. The van der Waals surface area contributed by atoms with Crippen LogP contribution in [-0.4, -0.2) is 25.8 Å². The first-order chi connectivity index (χ1) is 9.31. The number of rotatable bonds is 6. The number of benzene rings is 1. The number of ether oxygens (including phenoxy) is 1. The van der Waals surface area contributed by atoms with E-state index in [1.54, 1.807) is 13.2 Å². The predicted molar refractivity (Wildman–Crippen MR) is 85.5 cm³/mol. The van der Waals surface area contributed by atoms with Gasteiger partial charge in [-0.25, -0.2) is 4.39 Å². The van der Waals surface area contributed by atoms with E-state index in [0.717, 1.165) is 18.5 Å². The van der Waals surface area contributed by atoms with Crippen molar-refractivity contribution in [3.63, 3.8) is 0 Å². The molecule has 0 fully saturated rings. The molecule has 0 amide bonds. The van der Waals surface area contributed by atoms with Crippen LogP contribution in [0.5, 0.6) is 0 Å². The van der Waals surface area contributed by atoms with Crippen LogP contribution in [0.3, 0.4) is 0 Å². The van der Waals surface area contributed by atoms with E-state index >= 15 is 0 Å². The zero-order valence-corrected chi connectivity index (χ0v) is 14.6. The van der Waals surface area contributed by atoms with Crippen LogP contribution < -0.4 is 5.32 Å². The summed E-state index contributed by atoms with van der Waals surface area (Å²) < 4.78 is 19.9. The molecule has 114 valence electrons. The maximum absolute atomic E-state index is 13.6. The van der Waals surface area contributed by atoms with Gasteiger partial charge in [-0.05, 0) is 45.9 Å². The first kappa shape index (κ1) is 17.6. The summed E-state index contributed by atoms with van der Waals surface area (Å²) in [6.07, 6.45) is 0.778. The van der Waals surface area contributed by atoms with E-state index in [9.17, 15) is 4.39 Å². The summed E-state index contributed by atoms with van der Waals surface area (Å²) in [5, 5.41) is 3.47. The highest BCUT2D eigenvalue weighted by atomic mass is 79.9. The van der Waals surface area contributed by atoms with Crippen molar-refractivity contribution in [2.45, 2.75) is 46.3 Å². The molecule has 0 heterocycles. The van der Waals surface area contributed by atoms with Crippen molar-refractivity contribution < 1.29 is 9.13 Å². The zero-order chi connectivity index (χ0) is 15.3. The lowest BCUT2D eigenvalue weighted by Gasteiger charge is -2.36. The quantitative estimate of drug-likeness (QED) is 0.835. The molecule has 1 aromatic carbocycles. The summed E-state index contributed by atoms with van der Waals surface area (Å²) >= 11 is 3.34. The van der Waals surface area contributed by atoms with Crippen molar-refractivity contribution in [2.24, 2.45) is 5.41 Å². The van der Waals surface area contributed by atoms with Crippen LogP contribution in [0.4, 0.5) is 4.39 Å². The molecule has 2 unspecified atom stereocenters. The maximum Gasteiger partial charge on any atom is 0.137 e. The van der Waals surface area contributed by atoms with E-state index in [4.69, 9.17) is 4.74 Å². The van der Waals surface area contributed by atoms with Crippen molar-refractivity contribution in [3.8, 4) is 0 Å². The van der Waals surface area contributed by atoms with Crippen molar-refractivity contribution >= 4 is 15.9 Å². The van der Waals surface area contributed by atoms with Crippen LogP contribution in [0.25, 0.3) is 0 Å². The topological polar surface area (TPSA) is 21.3 Å². The van der Waals surface area contributed by atoms with Gasteiger partial charge in [0.05, 0.1) is 10.6 Å². The molecule has 0 saturated heterocycles. The van der Waals surface area contributed by atoms with Crippen molar-refractivity contribution in [1.29, 1.82) is 0 Å². The largest absolute Gasteiger partial charge is 0.379 e. The third-order valence-electron chi connectivity index (χ3n) is 3.41. The van der Waals surface area contributed by atoms with E-state index in [1.807, 2.05) is 6.07 Å². The Bertz CT molecular complexity index is 431. The number of halogens is 2. The first-order valence-electron chi connectivity index (χ1n) is 7.00. The molecular weight excluding hydrogens is 321 g/mol. The van der Waals surface area contributed by atoms with Gasteiger partial charge in [0.15, 0.2) is 0 Å². The fourth-order valence-corrected chi connectivity index (χ4v) is 3.04. The second-order valence-corrected chi connectivity index (χ2v) is 6.90.